The molecular weight excluding hydrogens is 270 g/mol. The summed E-state index contributed by atoms with van der Waals surface area (Å²) in [5.74, 6) is -1.38. The van der Waals surface area contributed by atoms with Gasteiger partial charge in [-0.2, -0.15) is 0 Å². The van der Waals surface area contributed by atoms with Gasteiger partial charge >= 0.3 is 5.97 Å². The first kappa shape index (κ1) is 18.0. The van der Waals surface area contributed by atoms with Crippen molar-refractivity contribution in [2.45, 2.75) is 59.4 Å². The molecule has 0 aromatic heterocycles. The van der Waals surface area contributed by atoms with Gasteiger partial charge in [0, 0.05) is 19.2 Å². The van der Waals surface area contributed by atoms with Crippen molar-refractivity contribution in [2.24, 2.45) is 11.3 Å². The van der Waals surface area contributed by atoms with Crippen LogP contribution in [0.15, 0.2) is 0 Å². The number of esters is 1. The molecule has 21 heavy (non-hydrogen) atoms. The average molecular weight is 299 g/mol. The highest BCUT2D eigenvalue weighted by atomic mass is 16.5. The SMILES string of the molecule is CCOC(=O)C(C(=O)N1CCCCC1CCO)C(C)(C)C. The van der Waals surface area contributed by atoms with Crippen molar-refractivity contribution in [3.8, 4) is 0 Å². The molecule has 2 unspecified atom stereocenters. The van der Waals surface area contributed by atoms with E-state index in [0.29, 0.717) is 13.0 Å². The lowest BCUT2D eigenvalue weighted by Crippen LogP contribution is -2.51. The molecule has 0 aromatic carbocycles. The lowest BCUT2D eigenvalue weighted by Gasteiger charge is -2.40. The molecule has 1 fully saturated rings. The molecule has 1 saturated heterocycles. The van der Waals surface area contributed by atoms with E-state index >= 15 is 0 Å². The van der Waals surface area contributed by atoms with Gasteiger partial charge in [-0.1, -0.05) is 20.8 Å². The maximum absolute atomic E-state index is 12.9. The number of likely N-dealkylation sites (tertiary alicyclic amines) is 1. The topological polar surface area (TPSA) is 66.8 Å². The summed E-state index contributed by atoms with van der Waals surface area (Å²) < 4.78 is 5.10. The summed E-state index contributed by atoms with van der Waals surface area (Å²) in [6.07, 6.45) is 3.48. The quantitative estimate of drug-likeness (QED) is 0.622. The van der Waals surface area contributed by atoms with Crippen molar-refractivity contribution in [2.75, 3.05) is 19.8 Å². The molecule has 5 nitrogen and oxygen atoms in total. The monoisotopic (exact) mass is 299 g/mol. The maximum atomic E-state index is 12.9. The van der Waals surface area contributed by atoms with E-state index in [-0.39, 0.29) is 25.2 Å². The molecule has 1 N–H and O–H groups in total. The van der Waals surface area contributed by atoms with Crippen molar-refractivity contribution in [3.63, 3.8) is 0 Å². The van der Waals surface area contributed by atoms with Gasteiger partial charge in [0.15, 0.2) is 0 Å². The Morgan fingerprint density at radius 1 is 1.33 bits per heavy atom. The molecule has 5 heteroatoms. The van der Waals surface area contributed by atoms with E-state index in [1.54, 1.807) is 11.8 Å². The van der Waals surface area contributed by atoms with Crippen LogP contribution >= 0.6 is 0 Å². The second-order valence-corrected chi connectivity index (χ2v) is 6.74. The molecule has 1 amide bonds. The predicted octanol–water partition coefficient (Wildman–Crippen LogP) is 1.98. The van der Waals surface area contributed by atoms with Crippen LogP contribution in [0.3, 0.4) is 0 Å². The van der Waals surface area contributed by atoms with Crippen LogP contribution in [0.25, 0.3) is 0 Å². The minimum atomic E-state index is -0.781. The second-order valence-electron chi connectivity index (χ2n) is 6.74. The summed E-state index contributed by atoms with van der Waals surface area (Å²) >= 11 is 0. The van der Waals surface area contributed by atoms with Gasteiger partial charge in [0.25, 0.3) is 0 Å². The molecule has 0 aliphatic carbocycles. The Kier molecular flexibility index (Phi) is 6.65. The number of carbonyl (C=O) groups is 2. The fourth-order valence-electron chi connectivity index (χ4n) is 2.96. The molecule has 0 saturated carbocycles. The largest absolute Gasteiger partial charge is 0.465 e. The highest BCUT2D eigenvalue weighted by molar-refractivity contribution is 5.98. The summed E-state index contributed by atoms with van der Waals surface area (Å²) in [5, 5.41) is 9.18. The third-order valence-electron chi connectivity index (χ3n) is 4.01. The lowest BCUT2D eigenvalue weighted by atomic mass is 9.79. The highest BCUT2D eigenvalue weighted by Gasteiger charge is 2.43. The lowest BCUT2D eigenvalue weighted by molar-refractivity contribution is -0.162. The molecule has 2 atom stereocenters. The fourth-order valence-corrected chi connectivity index (χ4v) is 2.96. The molecule has 1 heterocycles. The number of aliphatic hydroxyl groups is 1. The standard InChI is InChI=1S/C16H29NO4/c1-5-21-15(20)13(16(2,3)4)14(19)17-10-7-6-8-12(17)9-11-18/h12-13,18H,5-11H2,1-4H3. The maximum Gasteiger partial charge on any atom is 0.319 e. The van der Waals surface area contributed by atoms with Gasteiger partial charge in [0.1, 0.15) is 5.92 Å². The van der Waals surface area contributed by atoms with Crippen LogP contribution < -0.4 is 0 Å². The molecule has 122 valence electrons. The van der Waals surface area contributed by atoms with Gasteiger partial charge < -0.3 is 14.7 Å². The number of ether oxygens (including phenoxy) is 1. The summed E-state index contributed by atoms with van der Waals surface area (Å²) in [6, 6.07) is 0.0375. The molecule has 0 aromatic rings. The van der Waals surface area contributed by atoms with Crippen molar-refractivity contribution < 1.29 is 19.4 Å². The first-order chi connectivity index (χ1) is 9.82. The number of carbonyl (C=O) groups excluding carboxylic acids is 2. The van der Waals surface area contributed by atoms with Crippen LogP contribution in [-0.2, 0) is 14.3 Å². The first-order valence-electron chi connectivity index (χ1n) is 7.90. The summed E-state index contributed by atoms with van der Waals surface area (Å²) in [5.41, 5.74) is -0.482. The van der Waals surface area contributed by atoms with Crippen LogP contribution in [-0.4, -0.2) is 47.7 Å². The van der Waals surface area contributed by atoms with Crippen LogP contribution in [0.4, 0.5) is 0 Å². The van der Waals surface area contributed by atoms with Crippen molar-refractivity contribution >= 4 is 11.9 Å². The van der Waals surface area contributed by atoms with Gasteiger partial charge in [-0.15, -0.1) is 0 Å². The number of amides is 1. The summed E-state index contributed by atoms with van der Waals surface area (Å²) in [6.45, 7) is 8.41. The fraction of sp³-hybridized carbons (Fsp3) is 0.875. The third-order valence-corrected chi connectivity index (χ3v) is 4.01. The van der Waals surface area contributed by atoms with Gasteiger partial charge in [-0.3, -0.25) is 9.59 Å². The summed E-state index contributed by atoms with van der Waals surface area (Å²) in [4.78, 5) is 26.9. The number of piperidine rings is 1. The number of nitrogens with zero attached hydrogens (tertiary/aromatic N) is 1. The Balaban J connectivity index is 2.95. The van der Waals surface area contributed by atoms with Gasteiger partial charge in [-0.05, 0) is 38.0 Å². The van der Waals surface area contributed by atoms with Gasteiger partial charge in [0.2, 0.25) is 5.91 Å². The Morgan fingerprint density at radius 2 is 2.00 bits per heavy atom. The zero-order valence-electron chi connectivity index (χ0n) is 13.7. The molecule has 1 rings (SSSR count). The Hall–Kier alpha value is -1.10. The first-order valence-corrected chi connectivity index (χ1v) is 7.90. The van der Waals surface area contributed by atoms with E-state index in [1.807, 2.05) is 20.8 Å². The zero-order chi connectivity index (χ0) is 16.0. The number of hydrogen-bond donors (Lipinski definition) is 1. The van der Waals surface area contributed by atoms with Crippen molar-refractivity contribution in [3.05, 3.63) is 0 Å². The normalized spacial score (nSPS) is 21.0. The molecule has 0 bridgehead atoms. The second kappa shape index (κ2) is 7.78. The van der Waals surface area contributed by atoms with E-state index in [1.165, 1.54) is 0 Å². The van der Waals surface area contributed by atoms with E-state index in [0.717, 1.165) is 19.3 Å². The van der Waals surface area contributed by atoms with E-state index in [4.69, 9.17) is 4.74 Å². The highest BCUT2D eigenvalue weighted by Crippen LogP contribution is 2.31. The van der Waals surface area contributed by atoms with E-state index < -0.39 is 17.3 Å². The molecular formula is C16H29NO4. The smallest absolute Gasteiger partial charge is 0.319 e. The Morgan fingerprint density at radius 3 is 2.52 bits per heavy atom. The van der Waals surface area contributed by atoms with Crippen molar-refractivity contribution in [1.29, 1.82) is 0 Å². The zero-order valence-corrected chi connectivity index (χ0v) is 13.7. The Labute approximate surface area is 127 Å². The van der Waals surface area contributed by atoms with Crippen LogP contribution in [0, 0.1) is 11.3 Å². The molecule has 1 aliphatic heterocycles. The summed E-state index contributed by atoms with van der Waals surface area (Å²) in [7, 11) is 0. The predicted molar refractivity (Wildman–Crippen MR) is 80.6 cm³/mol. The van der Waals surface area contributed by atoms with Crippen molar-refractivity contribution in [1.82, 2.24) is 4.90 Å². The van der Waals surface area contributed by atoms with E-state index in [2.05, 4.69) is 0 Å². The number of hydrogen-bond acceptors (Lipinski definition) is 4. The van der Waals surface area contributed by atoms with Crippen LogP contribution in [0.2, 0.25) is 0 Å². The van der Waals surface area contributed by atoms with E-state index in [9.17, 15) is 14.7 Å². The molecule has 0 spiro atoms. The van der Waals surface area contributed by atoms with Gasteiger partial charge in [0.05, 0.1) is 6.61 Å². The Bertz CT molecular complexity index is 360. The van der Waals surface area contributed by atoms with Crippen LogP contribution in [0.5, 0.6) is 0 Å². The molecule has 1 aliphatic rings. The average Bonchev–Trinajstić information content (AvgIpc) is 2.38. The molecule has 0 radical (unpaired) electrons. The van der Waals surface area contributed by atoms with Gasteiger partial charge in [-0.25, -0.2) is 0 Å². The number of rotatable bonds is 5. The minimum absolute atomic E-state index is 0.0375. The minimum Gasteiger partial charge on any atom is -0.465 e. The number of aliphatic hydroxyl groups excluding tert-OH is 1. The third kappa shape index (κ3) is 4.70. The van der Waals surface area contributed by atoms with Crippen LogP contribution in [0.1, 0.15) is 53.4 Å².